The summed E-state index contributed by atoms with van der Waals surface area (Å²) < 4.78 is 68.4. The van der Waals surface area contributed by atoms with Crippen LogP contribution < -0.4 is 9.62 Å². The Morgan fingerprint density at radius 1 is 1.17 bits per heavy atom. The van der Waals surface area contributed by atoms with Crippen LogP contribution in [0, 0.1) is 5.82 Å². The lowest BCUT2D eigenvalue weighted by Gasteiger charge is -2.38. The van der Waals surface area contributed by atoms with Gasteiger partial charge in [0.2, 0.25) is 10.0 Å². The van der Waals surface area contributed by atoms with Crippen LogP contribution >= 0.6 is 34.5 Å². The summed E-state index contributed by atoms with van der Waals surface area (Å²) in [6.07, 6.45) is 2.67. The Balaban J connectivity index is 1.11. The highest BCUT2D eigenvalue weighted by atomic mass is 35.5. The smallest absolute Gasteiger partial charge is 0.344 e. The number of amides is 1. The Kier molecular flexibility index (Phi) is 8.21. The number of anilines is 1. The van der Waals surface area contributed by atoms with Crippen molar-refractivity contribution in [2.45, 2.75) is 75.7 Å². The molecule has 2 aromatic carbocycles. The summed E-state index contributed by atoms with van der Waals surface area (Å²) in [5, 5.41) is 5.01. The molecule has 3 fully saturated rings. The van der Waals surface area contributed by atoms with E-state index in [1.54, 1.807) is 25.1 Å². The largest absolute Gasteiger partial charge is 0.458 e. The van der Waals surface area contributed by atoms with Crippen molar-refractivity contribution in [2.24, 2.45) is 0 Å². The van der Waals surface area contributed by atoms with Crippen LogP contribution in [-0.4, -0.2) is 54.4 Å². The predicted molar refractivity (Wildman–Crippen MR) is 173 cm³/mol. The van der Waals surface area contributed by atoms with Gasteiger partial charge in [-0.2, -0.15) is 0 Å². The molecule has 10 nitrogen and oxygen atoms in total. The summed E-state index contributed by atoms with van der Waals surface area (Å²) in [4.78, 5) is 33.0. The fourth-order valence-electron chi connectivity index (χ4n) is 6.50. The molecule has 2 aliphatic heterocycles. The van der Waals surface area contributed by atoms with Crippen molar-refractivity contribution < 1.29 is 36.0 Å². The van der Waals surface area contributed by atoms with Crippen molar-refractivity contribution in [3.05, 3.63) is 63.1 Å². The molecule has 47 heavy (non-hydrogen) atoms. The van der Waals surface area contributed by atoms with Gasteiger partial charge in [-0.05, 0) is 56.4 Å². The van der Waals surface area contributed by atoms with Crippen LogP contribution in [0.15, 0.2) is 34.9 Å². The van der Waals surface area contributed by atoms with Gasteiger partial charge in [-0.25, -0.2) is 31.7 Å². The van der Waals surface area contributed by atoms with E-state index >= 15 is 8.78 Å². The van der Waals surface area contributed by atoms with E-state index in [-0.39, 0.29) is 74.4 Å². The number of fused-ring (bicyclic) bond motifs is 3. The van der Waals surface area contributed by atoms with E-state index in [0.29, 0.717) is 29.1 Å². The number of aromatic nitrogens is 2. The Morgan fingerprint density at radius 3 is 2.49 bits per heavy atom. The number of ether oxygens (including phenoxy) is 1. The fraction of sp³-hybridized carbons (Fsp3) is 0.419. The molecule has 0 spiro atoms. The van der Waals surface area contributed by atoms with E-state index in [1.807, 2.05) is 4.72 Å². The minimum Gasteiger partial charge on any atom is -0.458 e. The molecule has 1 saturated carbocycles. The topological polar surface area (TPSA) is 132 Å². The number of hydrogen-bond acceptors (Lipinski definition) is 10. The molecule has 2 aromatic heterocycles. The van der Waals surface area contributed by atoms with Crippen LogP contribution in [0.3, 0.4) is 0 Å². The Morgan fingerprint density at radius 2 is 1.85 bits per heavy atom. The summed E-state index contributed by atoms with van der Waals surface area (Å²) >= 11 is 14.0. The Hall–Kier alpha value is -3.33. The van der Waals surface area contributed by atoms with Gasteiger partial charge >= 0.3 is 5.97 Å². The molecular weight excluding hydrogens is 697 g/mol. The first-order chi connectivity index (χ1) is 22.4. The van der Waals surface area contributed by atoms with Gasteiger partial charge in [0.15, 0.2) is 22.4 Å². The maximum absolute atomic E-state index is 15.3. The van der Waals surface area contributed by atoms with Crippen LogP contribution in [-0.2, 0) is 20.4 Å². The first kappa shape index (κ1) is 32.2. The number of carbonyl (C=O) groups excluding carboxylic acids is 2. The number of carbonyl (C=O) groups is 2. The number of hydrogen-bond donors (Lipinski definition) is 1. The van der Waals surface area contributed by atoms with Crippen molar-refractivity contribution in [2.75, 3.05) is 10.7 Å². The van der Waals surface area contributed by atoms with Crippen molar-refractivity contribution in [1.82, 2.24) is 14.9 Å². The van der Waals surface area contributed by atoms with E-state index in [0.717, 1.165) is 18.9 Å². The van der Waals surface area contributed by atoms with Crippen LogP contribution in [0.25, 0.3) is 21.5 Å². The van der Waals surface area contributed by atoms with Crippen LogP contribution in [0.5, 0.6) is 0 Å². The number of nitrogens with one attached hydrogen (secondary N) is 1. The fourth-order valence-corrected chi connectivity index (χ4v) is 9.28. The predicted octanol–water partition coefficient (Wildman–Crippen LogP) is 7.18. The molecule has 1 aliphatic carbocycles. The molecule has 4 heterocycles. The molecule has 0 unspecified atom stereocenters. The third-order valence-corrected chi connectivity index (χ3v) is 11.9. The minimum atomic E-state index is -3.84. The molecule has 7 rings (SSSR count). The van der Waals surface area contributed by atoms with E-state index in [1.165, 1.54) is 17.4 Å². The number of sulfonamides is 1. The molecule has 0 radical (unpaired) electrons. The highest BCUT2D eigenvalue weighted by Gasteiger charge is 2.53. The first-order valence-electron chi connectivity index (χ1n) is 15.1. The molecule has 1 N–H and O–H groups in total. The number of piperidine rings is 1. The lowest BCUT2D eigenvalue weighted by molar-refractivity contribution is 0.0198. The van der Waals surface area contributed by atoms with Crippen molar-refractivity contribution in [3.63, 3.8) is 0 Å². The first-order valence-corrected chi connectivity index (χ1v) is 18.4. The molecule has 1 amide bonds. The minimum absolute atomic E-state index is 0.0254. The number of nitrogens with zero attached hydrogens (tertiary/aromatic N) is 3. The van der Waals surface area contributed by atoms with Crippen LogP contribution in [0.4, 0.5) is 13.9 Å². The second-order valence-corrected chi connectivity index (χ2v) is 15.8. The van der Waals surface area contributed by atoms with Gasteiger partial charge < -0.3 is 14.2 Å². The monoisotopic (exact) mass is 724 g/mol. The van der Waals surface area contributed by atoms with Gasteiger partial charge in [-0.3, -0.25) is 4.79 Å². The van der Waals surface area contributed by atoms with Gasteiger partial charge in [0.05, 0.1) is 20.5 Å². The third-order valence-electron chi connectivity index (χ3n) is 8.80. The zero-order chi connectivity index (χ0) is 33.2. The maximum Gasteiger partial charge on any atom is 0.344 e. The summed E-state index contributed by atoms with van der Waals surface area (Å²) in [5.41, 5.74) is -1.70. The zero-order valence-electron chi connectivity index (χ0n) is 24.9. The van der Waals surface area contributed by atoms with Gasteiger partial charge in [0, 0.05) is 36.1 Å². The van der Waals surface area contributed by atoms with Crippen LogP contribution in [0.1, 0.15) is 78.3 Å². The van der Waals surface area contributed by atoms with E-state index in [4.69, 9.17) is 32.5 Å². The third kappa shape index (κ3) is 5.98. The maximum atomic E-state index is 15.3. The van der Waals surface area contributed by atoms with E-state index in [2.05, 4.69) is 15.0 Å². The Labute approximate surface area is 282 Å². The zero-order valence-corrected chi connectivity index (χ0v) is 28.0. The number of benzene rings is 2. The normalized spacial score (nSPS) is 21.6. The lowest BCUT2D eigenvalue weighted by atomic mass is 9.99. The molecule has 248 valence electrons. The number of alkyl halides is 1. The molecule has 2 bridgehead atoms. The summed E-state index contributed by atoms with van der Waals surface area (Å²) in [6, 6.07) is 7.08. The van der Waals surface area contributed by atoms with E-state index < -0.39 is 39.5 Å². The lowest BCUT2D eigenvalue weighted by Crippen LogP contribution is -2.46. The average Bonchev–Trinajstić information content (AvgIpc) is 3.30. The molecule has 3 atom stereocenters. The molecule has 4 aromatic rings. The number of halogens is 4. The quantitative estimate of drug-likeness (QED) is 0.178. The summed E-state index contributed by atoms with van der Waals surface area (Å²) in [5.74, 6) is -2.84. The SMILES string of the molecule is CCCS(=O)(=O)NC(=O)c1cc(F)c2nc(N3[C@@H]4CC[C@H]3C[C@H](OC(=O)c3c(-c5c(Cl)cccc5Cl)noc3C3(F)CC3)C4)sc2c1. The second kappa shape index (κ2) is 12.0. The average molecular weight is 726 g/mol. The van der Waals surface area contributed by atoms with Crippen molar-refractivity contribution in [3.8, 4) is 11.3 Å². The second-order valence-electron chi connectivity index (χ2n) is 12.1. The number of rotatable bonds is 9. The summed E-state index contributed by atoms with van der Waals surface area (Å²) in [6.45, 7) is 1.67. The molecule has 16 heteroatoms. The van der Waals surface area contributed by atoms with Crippen molar-refractivity contribution in [1.29, 1.82) is 0 Å². The Bertz CT molecular complexity index is 2000. The number of thiazole rings is 1. The molecular formula is C31H28Cl2F2N4O6S2. The molecule has 2 saturated heterocycles. The van der Waals surface area contributed by atoms with Crippen LogP contribution in [0.2, 0.25) is 10.0 Å². The van der Waals surface area contributed by atoms with E-state index in [9.17, 15) is 18.0 Å². The van der Waals surface area contributed by atoms with Gasteiger partial charge in [-0.1, -0.05) is 52.7 Å². The van der Waals surface area contributed by atoms with Gasteiger partial charge in [-0.15, -0.1) is 0 Å². The van der Waals surface area contributed by atoms with Gasteiger partial charge in [0.1, 0.15) is 22.9 Å². The summed E-state index contributed by atoms with van der Waals surface area (Å²) in [7, 11) is -3.84. The molecule has 3 aliphatic rings. The highest BCUT2D eigenvalue weighted by Crippen LogP contribution is 2.53. The standard InChI is InChI=1S/C31H28Cl2F2N4O6S2/c1-2-10-47(42,43)38-28(40)15-11-21(34)25-22(12-15)46-30(36-25)39-16-6-7-17(39)14-18(13-16)44-29(41)24-26(23-19(32)4-3-5-20(23)33)37-45-27(24)31(35)8-9-31/h3-5,11-12,16-18H,2,6-10,13-14H2,1H3,(H,38,40)/t16-,17+,18-. The van der Waals surface area contributed by atoms with Crippen molar-refractivity contribution >= 4 is 71.8 Å². The number of esters is 1. The highest BCUT2D eigenvalue weighted by molar-refractivity contribution is 7.90. The van der Waals surface area contributed by atoms with Gasteiger partial charge in [0.25, 0.3) is 5.91 Å².